The van der Waals surface area contributed by atoms with Crippen LogP contribution in [0.15, 0.2) is 207 Å². The van der Waals surface area contributed by atoms with Crippen LogP contribution in [0.4, 0.5) is 0 Å². The van der Waals surface area contributed by atoms with Crippen LogP contribution in [-0.2, 0) is 32.1 Å². The number of pyridine rings is 2. The summed E-state index contributed by atoms with van der Waals surface area (Å²) in [5, 5.41) is 6.06. The van der Waals surface area contributed by atoms with Crippen LogP contribution in [0.3, 0.4) is 0 Å². The number of carbonyl (C=O) groups is 1. The van der Waals surface area contributed by atoms with Crippen LogP contribution < -0.4 is 5.32 Å². The number of carbonyl (C=O) groups excluding carboxylic acids is 1. The Labute approximate surface area is 461 Å². The summed E-state index contributed by atoms with van der Waals surface area (Å²) in [4.78, 5) is 25.7. The van der Waals surface area contributed by atoms with Gasteiger partial charge < -0.3 is 19.5 Å². The Hall–Kier alpha value is -4.16. The van der Waals surface area contributed by atoms with Crippen LogP contribution >= 0.6 is 67.1 Å². The fourth-order valence-electron chi connectivity index (χ4n) is 8.89. The van der Waals surface area contributed by atoms with E-state index in [9.17, 15) is 4.79 Å². The van der Waals surface area contributed by atoms with Crippen molar-refractivity contribution >= 4 is 72.3 Å². The fourth-order valence-corrected chi connectivity index (χ4v) is 12.6. The first-order chi connectivity index (χ1) is 35.8. The molecule has 0 spiro atoms. The predicted octanol–water partition coefficient (Wildman–Crippen LogP) is 13.2. The number of aromatic nitrogens is 2. The van der Waals surface area contributed by atoms with E-state index in [1.54, 1.807) is 30.4 Å². The van der Waals surface area contributed by atoms with Gasteiger partial charge in [0.25, 0.3) is 0 Å². The minimum atomic E-state index is 0.0266. The third-order valence-electron chi connectivity index (χ3n) is 12.4. The lowest BCUT2D eigenvalue weighted by atomic mass is 10.1. The molecule has 0 amide bonds. The molecule has 0 aliphatic carbocycles. The Kier molecular flexibility index (Phi) is 22.5. The summed E-state index contributed by atoms with van der Waals surface area (Å²) in [5.41, 5.74) is 6.38. The molecule has 9 nitrogen and oxygen atoms in total. The summed E-state index contributed by atoms with van der Waals surface area (Å²) in [7, 11) is 0. The van der Waals surface area contributed by atoms with E-state index in [1.165, 1.54) is 34.0 Å². The van der Waals surface area contributed by atoms with Crippen molar-refractivity contribution in [3.63, 3.8) is 0 Å². The highest BCUT2D eigenvalue weighted by atomic mass is 79.9. The van der Waals surface area contributed by atoms with Crippen molar-refractivity contribution in [1.82, 2.24) is 25.1 Å². The number of rotatable bonds is 15. The Balaban J connectivity index is 0.000000148. The molecular formula is C59H63Br2N5O4S3. The first-order valence-electron chi connectivity index (χ1n) is 24.8. The van der Waals surface area contributed by atoms with Gasteiger partial charge in [-0.25, -0.2) is 9.97 Å². The van der Waals surface area contributed by atoms with E-state index < -0.39 is 0 Å². The summed E-state index contributed by atoms with van der Waals surface area (Å²) in [6.07, 6.45) is 4.00. The highest BCUT2D eigenvalue weighted by molar-refractivity contribution is 9.10. The second kappa shape index (κ2) is 29.8. The minimum Gasteiger partial charge on any atom is -0.374 e. The maximum Gasteiger partial charge on any atom is 0.186 e. The topological polar surface area (TPSA) is 89.1 Å². The van der Waals surface area contributed by atoms with Crippen LogP contribution in [0.2, 0.25) is 0 Å². The standard InChI is InChI=1S/C23H23BrN2OS.C20H23NO2S.C16H17BrN2OS/c24-20-11-12-22(25-15-20)28-23(19-9-5-2-6-10-19)21-17-26(13-14-27-21)16-18-7-3-1-4-8-18;1-16(22)24-20(18-10-6-3-7-11-18)19-15-21(12-13-23-19)14-17-8-4-2-5-9-17;17-13-6-7-15(19-10-13)21-16(12-4-2-1-3-5-12)14-11-18-8-9-20-14/h1-12,15,21,23H,13-14,16-17H2;2-11,19-20H,12-15H2,1H3;1-7,10,14,16,18H,8-9,11H2/t21-,23-;19-,20-;14-,16-/m000/s1. The Morgan fingerprint density at radius 1 is 0.548 bits per heavy atom. The molecule has 3 aliphatic rings. The lowest BCUT2D eigenvalue weighted by Crippen LogP contribution is -2.44. The van der Waals surface area contributed by atoms with Crippen LogP contribution in [-0.4, -0.2) is 102 Å². The minimum absolute atomic E-state index is 0.0266. The first-order valence-corrected chi connectivity index (χ1v) is 29.0. The van der Waals surface area contributed by atoms with Gasteiger partial charge in [0.05, 0.1) is 63.9 Å². The number of hydrogen-bond donors (Lipinski definition) is 1. The third kappa shape index (κ3) is 18.0. The van der Waals surface area contributed by atoms with Crippen molar-refractivity contribution in [3.05, 3.63) is 225 Å². The summed E-state index contributed by atoms with van der Waals surface area (Å²) < 4.78 is 20.3. The van der Waals surface area contributed by atoms with E-state index >= 15 is 0 Å². The van der Waals surface area contributed by atoms with E-state index in [-0.39, 0.29) is 39.2 Å². The quantitative estimate of drug-likeness (QED) is 0.0992. The molecule has 0 saturated carbocycles. The lowest BCUT2D eigenvalue weighted by molar-refractivity contribution is -0.109. The van der Waals surface area contributed by atoms with E-state index in [2.05, 4.69) is 184 Å². The molecule has 3 aliphatic heterocycles. The predicted molar refractivity (Wildman–Crippen MR) is 307 cm³/mol. The largest absolute Gasteiger partial charge is 0.374 e. The highest BCUT2D eigenvalue weighted by Gasteiger charge is 2.33. The molecule has 73 heavy (non-hydrogen) atoms. The molecule has 0 radical (unpaired) electrons. The molecule has 6 atom stereocenters. The van der Waals surface area contributed by atoms with Gasteiger partial charge in [0.1, 0.15) is 0 Å². The number of thioether (sulfide) groups is 3. The number of halogens is 2. The maximum atomic E-state index is 11.7. The zero-order chi connectivity index (χ0) is 50.5. The molecule has 10 rings (SSSR count). The van der Waals surface area contributed by atoms with Crippen molar-refractivity contribution in [3.8, 4) is 0 Å². The number of hydrogen-bond acceptors (Lipinski definition) is 12. The second-order valence-electron chi connectivity index (χ2n) is 17.8. The van der Waals surface area contributed by atoms with Gasteiger partial charge in [-0.15, -0.1) is 0 Å². The van der Waals surface area contributed by atoms with E-state index in [1.807, 2.05) is 60.9 Å². The molecule has 0 bridgehead atoms. The average Bonchev–Trinajstić information content (AvgIpc) is 3.44. The van der Waals surface area contributed by atoms with Crippen molar-refractivity contribution < 1.29 is 19.0 Å². The van der Waals surface area contributed by atoms with Gasteiger partial charge in [0.2, 0.25) is 0 Å². The van der Waals surface area contributed by atoms with Crippen LogP contribution in [0.25, 0.3) is 0 Å². The smallest absolute Gasteiger partial charge is 0.186 e. The zero-order valence-corrected chi connectivity index (χ0v) is 46.7. The van der Waals surface area contributed by atoms with E-state index in [0.717, 1.165) is 90.1 Å². The molecular weight excluding hydrogens is 1100 g/mol. The summed E-state index contributed by atoms with van der Waals surface area (Å²) >= 11 is 11.8. The Morgan fingerprint density at radius 3 is 1.34 bits per heavy atom. The molecule has 380 valence electrons. The van der Waals surface area contributed by atoms with Crippen molar-refractivity contribution in [2.75, 3.05) is 59.1 Å². The van der Waals surface area contributed by atoms with Gasteiger partial charge in [-0.1, -0.05) is 187 Å². The van der Waals surface area contributed by atoms with Gasteiger partial charge in [0, 0.05) is 80.6 Å². The summed E-state index contributed by atoms with van der Waals surface area (Å²) in [5.74, 6) is 0. The second-order valence-corrected chi connectivity index (χ2v) is 23.3. The van der Waals surface area contributed by atoms with Gasteiger partial charge in [-0.3, -0.25) is 14.6 Å². The number of benzene rings is 5. The summed E-state index contributed by atoms with van der Waals surface area (Å²) in [6.45, 7) is 11.2. The lowest BCUT2D eigenvalue weighted by Gasteiger charge is -2.37. The maximum absolute atomic E-state index is 11.7. The Morgan fingerprint density at radius 2 is 0.945 bits per heavy atom. The molecule has 3 fully saturated rings. The third-order valence-corrected chi connectivity index (χ3v) is 17.1. The van der Waals surface area contributed by atoms with Gasteiger partial charge in [-0.05, 0) is 83.9 Å². The fraction of sp³-hybridized carbons (Fsp3) is 0.305. The highest BCUT2D eigenvalue weighted by Crippen LogP contribution is 2.41. The number of ether oxygens (including phenoxy) is 3. The van der Waals surface area contributed by atoms with Crippen LogP contribution in [0.5, 0.6) is 0 Å². The molecule has 7 aromatic rings. The van der Waals surface area contributed by atoms with Gasteiger partial charge >= 0.3 is 0 Å². The Bertz CT molecular complexity index is 2650. The van der Waals surface area contributed by atoms with Crippen molar-refractivity contribution in [2.45, 2.75) is 64.1 Å². The molecule has 14 heteroatoms. The monoisotopic (exact) mass is 1160 g/mol. The first kappa shape index (κ1) is 55.1. The SMILES string of the molecule is Brc1ccc(S[C@@H](c2ccccc2)[C@@H]2CN(Cc3ccccc3)CCO2)nc1.Brc1ccc(S[C@@H](c2ccccc2)[C@@H]2CNCCO2)nc1.CC(=O)S[C@@H](c1ccccc1)[C@@H]1CN(Cc2ccccc2)CCO1. The van der Waals surface area contributed by atoms with Crippen molar-refractivity contribution in [2.24, 2.45) is 0 Å². The number of morpholine rings is 3. The molecule has 2 aromatic heterocycles. The molecule has 3 saturated heterocycles. The number of nitrogens with one attached hydrogen (secondary N) is 1. The van der Waals surface area contributed by atoms with Crippen LogP contribution in [0.1, 0.15) is 50.5 Å². The normalized spacial score (nSPS) is 19.5. The zero-order valence-electron chi connectivity index (χ0n) is 41.0. The van der Waals surface area contributed by atoms with Crippen LogP contribution in [0, 0.1) is 0 Å². The number of nitrogens with zero attached hydrogens (tertiary/aromatic N) is 4. The van der Waals surface area contributed by atoms with Crippen molar-refractivity contribution in [1.29, 1.82) is 0 Å². The average molecular weight is 1160 g/mol. The van der Waals surface area contributed by atoms with E-state index in [0.29, 0.717) is 6.61 Å². The molecule has 0 unspecified atom stereocenters. The van der Waals surface area contributed by atoms with Gasteiger partial charge in [-0.2, -0.15) is 0 Å². The molecule has 1 N–H and O–H groups in total. The van der Waals surface area contributed by atoms with Gasteiger partial charge in [0.15, 0.2) is 5.12 Å². The molecule has 5 aromatic carbocycles. The summed E-state index contributed by atoms with van der Waals surface area (Å²) in [6, 6.07) is 60.7. The molecule has 5 heterocycles. The van der Waals surface area contributed by atoms with E-state index in [4.69, 9.17) is 14.2 Å².